The van der Waals surface area contributed by atoms with Crippen molar-refractivity contribution in [3.63, 3.8) is 0 Å². The number of rotatable bonds is 6. The number of aromatic nitrogens is 4. The number of aryl methyl sites for hydroxylation is 1. The quantitative estimate of drug-likeness (QED) is 0.217. The molecule has 0 N–H and O–H groups in total. The van der Waals surface area contributed by atoms with Crippen LogP contribution in [0.1, 0.15) is 76.6 Å². The molecule has 44 heavy (non-hydrogen) atoms. The minimum Gasteiger partial charge on any atom is -0.349 e. The number of piperazine rings is 1. The standard InChI is InChI=1S/C34H37ClN6O2.CH4/c1-7-28(42)39-17-22(6)40(18-21(39)5)32-26-16-27(35)30(25-11-9-8-10-24(25)23-12-13-23)37-33(26)41(34(43)38-32)31-20(4)14-15-36-29(31)19(2)3;/h7-11,14-16,19,21-23H,1,12-13,17-18H2,2-6H3;1H4/t21-,22+;/m1./s1. The highest BCUT2D eigenvalue weighted by atomic mass is 35.5. The summed E-state index contributed by atoms with van der Waals surface area (Å²) < 4.78 is 1.61. The average molecular weight is 613 g/mol. The van der Waals surface area contributed by atoms with Gasteiger partial charge in [0.25, 0.3) is 0 Å². The number of hydrogen-bond acceptors (Lipinski definition) is 6. The summed E-state index contributed by atoms with van der Waals surface area (Å²) in [5.41, 5.74) is 5.33. The Labute approximate surface area is 264 Å². The summed E-state index contributed by atoms with van der Waals surface area (Å²) in [5.74, 6) is 0.967. The lowest BCUT2D eigenvalue weighted by Crippen LogP contribution is -2.58. The lowest BCUT2D eigenvalue weighted by atomic mass is 9.99. The largest absolute Gasteiger partial charge is 0.355 e. The molecular weight excluding hydrogens is 572 g/mol. The monoisotopic (exact) mass is 612 g/mol. The zero-order chi connectivity index (χ0) is 30.6. The summed E-state index contributed by atoms with van der Waals surface area (Å²) >= 11 is 7.07. The summed E-state index contributed by atoms with van der Waals surface area (Å²) in [6.07, 6.45) is 5.41. The molecular formula is C35H41ClN6O2. The summed E-state index contributed by atoms with van der Waals surface area (Å²) in [4.78, 5) is 45.2. The summed E-state index contributed by atoms with van der Waals surface area (Å²) in [6.45, 7) is 14.8. The maximum Gasteiger partial charge on any atom is 0.355 e. The summed E-state index contributed by atoms with van der Waals surface area (Å²) in [6, 6.07) is 11.9. The summed E-state index contributed by atoms with van der Waals surface area (Å²) in [5, 5.41) is 1.18. The smallest absolute Gasteiger partial charge is 0.349 e. The molecule has 0 spiro atoms. The summed E-state index contributed by atoms with van der Waals surface area (Å²) in [7, 11) is 0. The molecule has 8 nitrogen and oxygen atoms in total. The number of carbonyl (C=O) groups is 1. The number of carbonyl (C=O) groups excluding carboxylic acids is 1. The van der Waals surface area contributed by atoms with Crippen molar-refractivity contribution in [2.24, 2.45) is 0 Å². The van der Waals surface area contributed by atoms with Crippen LogP contribution in [0.5, 0.6) is 0 Å². The number of nitrogens with zero attached hydrogens (tertiary/aromatic N) is 6. The van der Waals surface area contributed by atoms with Crippen molar-refractivity contribution in [1.29, 1.82) is 0 Å². The highest BCUT2D eigenvalue weighted by Gasteiger charge is 2.34. The molecule has 1 saturated carbocycles. The second-order valence-corrected chi connectivity index (χ2v) is 12.6. The number of anilines is 1. The molecule has 0 bridgehead atoms. The van der Waals surface area contributed by atoms with Crippen LogP contribution in [0.25, 0.3) is 28.0 Å². The van der Waals surface area contributed by atoms with Crippen LogP contribution in [0.15, 0.2) is 60.0 Å². The van der Waals surface area contributed by atoms with Crippen LogP contribution in [0.2, 0.25) is 5.02 Å². The first kappa shape index (κ1) is 31.4. The predicted octanol–water partition coefficient (Wildman–Crippen LogP) is 7.05. The number of fused-ring (bicyclic) bond motifs is 1. The van der Waals surface area contributed by atoms with Crippen LogP contribution >= 0.6 is 11.6 Å². The molecule has 1 saturated heterocycles. The van der Waals surface area contributed by atoms with Crippen LogP contribution in [-0.4, -0.2) is 55.5 Å². The maximum atomic E-state index is 14.2. The molecule has 2 atom stereocenters. The molecule has 4 aromatic rings. The van der Waals surface area contributed by atoms with E-state index in [1.165, 1.54) is 11.6 Å². The lowest BCUT2D eigenvalue weighted by molar-refractivity contribution is -0.128. The van der Waals surface area contributed by atoms with E-state index in [1.807, 2.05) is 43.9 Å². The van der Waals surface area contributed by atoms with Crippen molar-refractivity contribution in [3.8, 4) is 16.9 Å². The van der Waals surface area contributed by atoms with Crippen LogP contribution in [0.4, 0.5) is 5.82 Å². The Hall–Kier alpha value is -4.04. The van der Waals surface area contributed by atoms with Crippen LogP contribution in [0.3, 0.4) is 0 Å². The van der Waals surface area contributed by atoms with E-state index in [4.69, 9.17) is 21.6 Å². The Kier molecular flexibility index (Phi) is 8.67. The Bertz CT molecular complexity index is 1810. The molecule has 6 rings (SSSR count). The molecule has 0 unspecified atom stereocenters. The first-order chi connectivity index (χ1) is 20.6. The van der Waals surface area contributed by atoms with Crippen LogP contribution in [0, 0.1) is 6.92 Å². The Balaban J connectivity index is 0.00000384. The highest BCUT2D eigenvalue weighted by Crippen LogP contribution is 2.45. The molecule has 9 heteroatoms. The first-order valence-corrected chi connectivity index (χ1v) is 15.4. The highest BCUT2D eigenvalue weighted by molar-refractivity contribution is 6.34. The molecule has 2 aliphatic rings. The van der Waals surface area contributed by atoms with E-state index in [2.05, 4.69) is 48.5 Å². The van der Waals surface area contributed by atoms with Crippen molar-refractivity contribution in [2.75, 3.05) is 18.0 Å². The van der Waals surface area contributed by atoms with Gasteiger partial charge in [-0.15, -0.1) is 0 Å². The molecule has 1 aromatic carbocycles. The van der Waals surface area contributed by atoms with Gasteiger partial charge in [-0.1, -0.05) is 63.7 Å². The Morgan fingerprint density at radius 1 is 1.09 bits per heavy atom. The van der Waals surface area contributed by atoms with Crippen molar-refractivity contribution < 1.29 is 4.79 Å². The molecule has 4 heterocycles. The van der Waals surface area contributed by atoms with Gasteiger partial charge in [0.1, 0.15) is 5.82 Å². The third-order valence-electron chi connectivity index (χ3n) is 8.68. The fraction of sp³-hybridized carbons (Fsp3) is 0.400. The second-order valence-electron chi connectivity index (χ2n) is 12.2. The number of halogens is 1. The van der Waals surface area contributed by atoms with E-state index in [1.54, 1.807) is 10.8 Å². The van der Waals surface area contributed by atoms with Crippen molar-refractivity contribution in [2.45, 2.75) is 78.8 Å². The third-order valence-corrected chi connectivity index (χ3v) is 8.96. The molecule has 0 radical (unpaired) electrons. The van der Waals surface area contributed by atoms with Gasteiger partial charge in [-0.25, -0.2) is 14.3 Å². The van der Waals surface area contributed by atoms with Gasteiger partial charge >= 0.3 is 5.69 Å². The fourth-order valence-electron chi connectivity index (χ4n) is 6.31. The number of benzene rings is 1. The van der Waals surface area contributed by atoms with Gasteiger partial charge in [-0.3, -0.25) is 9.78 Å². The molecule has 2 fully saturated rings. The number of amides is 1. The molecule has 3 aromatic heterocycles. The molecule has 1 amide bonds. The van der Waals surface area contributed by atoms with Gasteiger partial charge < -0.3 is 9.80 Å². The van der Waals surface area contributed by atoms with E-state index >= 15 is 0 Å². The lowest BCUT2D eigenvalue weighted by Gasteiger charge is -2.44. The van der Waals surface area contributed by atoms with Gasteiger partial charge in [0.05, 0.1) is 27.5 Å². The van der Waals surface area contributed by atoms with Crippen molar-refractivity contribution in [3.05, 3.63) is 87.6 Å². The van der Waals surface area contributed by atoms with E-state index in [0.717, 1.165) is 29.7 Å². The van der Waals surface area contributed by atoms with E-state index in [9.17, 15) is 9.59 Å². The average Bonchev–Trinajstić information content (AvgIpc) is 3.83. The van der Waals surface area contributed by atoms with Gasteiger partial charge in [-0.2, -0.15) is 4.98 Å². The van der Waals surface area contributed by atoms with Gasteiger partial charge in [0.2, 0.25) is 5.91 Å². The zero-order valence-electron chi connectivity index (χ0n) is 25.3. The minimum absolute atomic E-state index is 0. The Morgan fingerprint density at radius 3 is 2.50 bits per heavy atom. The number of pyridine rings is 2. The fourth-order valence-corrected chi connectivity index (χ4v) is 6.56. The van der Waals surface area contributed by atoms with Crippen molar-refractivity contribution >= 4 is 34.4 Å². The second kappa shape index (κ2) is 12.2. The molecule has 1 aliphatic heterocycles. The minimum atomic E-state index is -0.429. The first-order valence-electron chi connectivity index (χ1n) is 15.0. The predicted molar refractivity (Wildman–Crippen MR) is 179 cm³/mol. The topological polar surface area (TPSA) is 84.2 Å². The van der Waals surface area contributed by atoms with E-state index in [0.29, 0.717) is 52.3 Å². The normalized spacial score (nSPS) is 18.4. The van der Waals surface area contributed by atoms with Crippen LogP contribution < -0.4 is 10.6 Å². The van der Waals surface area contributed by atoms with Crippen LogP contribution in [-0.2, 0) is 4.79 Å². The van der Waals surface area contributed by atoms with E-state index < -0.39 is 5.69 Å². The third kappa shape index (κ3) is 5.40. The van der Waals surface area contributed by atoms with Crippen molar-refractivity contribution in [1.82, 2.24) is 24.4 Å². The zero-order valence-corrected chi connectivity index (χ0v) is 26.1. The number of hydrogen-bond donors (Lipinski definition) is 0. The maximum absolute atomic E-state index is 14.2. The Morgan fingerprint density at radius 2 is 1.82 bits per heavy atom. The SMILES string of the molecule is C.C=CC(=O)N1C[C@H](C)N(c2nc(=O)n(-c3c(C)ccnc3C(C)C)c3nc(-c4ccccc4C4CC4)c(Cl)cc23)C[C@H]1C. The molecule has 230 valence electrons. The van der Waals surface area contributed by atoms with E-state index in [-0.39, 0.29) is 31.3 Å². The van der Waals surface area contributed by atoms with Gasteiger partial charge in [0, 0.05) is 36.9 Å². The van der Waals surface area contributed by atoms with Gasteiger partial charge in [0.15, 0.2) is 5.65 Å². The molecule has 1 aliphatic carbocycles. The van der Waals surface area contributed by atoms with Gasteiger partial charge in [-0.05, 0) is 74.8 Å².